The van der Waals surface area contributed by atoms with Crippen LogP contribution < -0.4 is 15.0 Å². The number of oxazole rings is 1. The highest BCUT2D eigenvalue weighted by Gasteiger charge is 2.28. The van der Waals surface area contributed by atoms with Gasteiger partial charge in [0.05, 0.1) is 6.04 Å². The van der Waals surface area contributed by atoms with Gasteiger partial charge >= 0.3 is 0 Å². The summed E-state index contributed by atoms with van der Waals surface area (Å²) in [5.74, 6) is 1.06. The van der Waals surface area contributed by atoms with Crippen molar-refractivity contribution >= 4 is 23.0 Å². The number of fused-ring (bicyclic) bond motifs is 1. The SMILES string of the molecule is CC(C)c1ccc(OCC(=O)NCC2CCCN2c2nc3ccccc3o2)cc1. The third-order valence-corrected chi connectivity index (χ3v) is 5.36. The smallest absolute Gasteiger partial charge is 0.298 e. The van der Waals surface area contributed by atoms with Crippen LogP contribution >= 0.6 is 0 Å². The minimum absolute atomic E-state index is 0.0105. The van der Waals surface area contributed by atoms with E-state index in [-0.39, 0.29) is 18.6 Å². The highest BCUT2D eigenvalue weighted by molar-refractivity contribution is 5.77. The molecule has 1 unspecified atom stereocenters. The highest BCUT2D eigenvalue weighted by Crippen LogP contribution is 2.28. The van der Waals surface area contributed by atoms with Crippen molar-refractivity contribution in [2.24, 2.45) is 0 Å². The Kier molecular flexibility index (Phi) is 5.69. The fraction of sp³-hybridized carbons (Fsp3) is 0.391. The number of hydrogen-bond acceptors (Lipinski definition) is 5. The molecular weight excluding hydrogens is 366 g/mol. The monoisotopic (exact) mass is 393 g/mol. The van der Waals surface area contributed by atoms with Crippen LogP contribution in [0, 0.1) is 0 Å². The van der Waals surface area contributed by atoms with Crippen molar-refractivity contribution in [1.82, 2.24) is 10.3 Å². The number of para-hydroxylation sites is 2. The van der Waals surface area contributed by atoms with E-state index in [0.29, 0.717) is 24.2 Å². The lowest BCUT2D eigenvalue weighted by molar-refractivity contribution is -0.123. The van der Waals surface area contributed by atoms with E-state index in [1.807, 2.05) is 48.5 Å². The first kappa shape index (κ1) is 19.3. The zero-order chi connectivity index (χ0) is 20.2. The van der Waals surface area contributed by atoms with E-state index in [1.54, 1.807) is 0 Å². The Bertz CT molecular complexity index is 932. The number of benzene rings is 2. The minimum Gasteiger partial charge on any atom is -0.484 e. The van der Waals surface area contributed by atoms with E-state index in [2.05, 4.69) is 29.0 Å². The Morgan fingerprint density at radius 2 is 2.03 bits per heavy atom. The third kappa shape index (κ3) is 4.53. The standard InChI is InChI=1S/C23H27N3O3/c1-16(2)17-9-11-19(12-10-17)28-15-22(27)24-14-18-6-5-13-26(18)23-25-20-7-3-4-8-21(20)29-23/h3-4,7-12,16,18H,5-6,13-15H2,1-2H3,(H,24,27). The van der Waals surface area contributed by atoms with Gasteiger partial charge in [-0.05, 0) is 48.6 Å². The van der Waals surface area contributed by atoms with Gasteiger partial charge in [-0.1, -0.05) is 38.1 Å². The molecule has 3 aromatic rings. The molecule has 0 bridgehead atoms. The van der Waals surface area contributed by atoms with Gasteiger partial charge in [-0.2, -0.15) is 4.98 Å². The molecular formula is C23H27N3O3. The van der Waals surface area contributed by atoms with E-state index in [0.717, 1.165) is 30.5 Å². The Hall–Kier alpha value is -3.02. The summed E-state index contributed by atoms with van der Waals surface area (Å²) in [4.78, 5) is 19.0. The minimum atomic E-state index is -0.123. The molecule has 0 saturated carbocycles. The molecule has 1 aliphatic heterocycles. The molecule has 0 spiro atoms. The fourth-order valence-electron chi connectivity index (χ4n) is 3.66. The summed E-state index contributed by atoms with van der Waals surface area (Å²) in [6.45, 7) is 5.74. The molecule has 1 fully saturated rings. The van der Waals surface area contributed by atoms with Gasteiger partial charge in [0.15, 0.2) is 12.2 Å². The molecule has 2 heterocycles. The first-order chi connectivity index (χ1) is 14.1. The van der Waals surface area contributed by atoms with Gasteiger partial charge in [0.1, 0.15) is 11.3 Å². The van der Waals surface area contributed by atoms with Crippen molar-refractivity contribution < 1.29 is 13.9 Å². The number of ether oxygens (including phenoxy) is 1. The Labute approximate surface area is 170 Å². The molecule has 1 saturated heterocycles. The molecule has 1 aromatic heterocycles. The molecule has 1 aliphatic rings. The molecule has 6 heteroatoms. The van der Waals surface area contributed by atoms with Crippen LogP contribution in [0.15, 0.2) is 52.9 Å². The van der Waals surface area contributed by atoms with Crippen LogP contribution in [0.1, 0.15) is 38.2 Å². The molecule has 2 aromatic carbocycles. The maximum Gasteiger partial charge on any atom is 0.298 e. The van der Waals surface area contributed by atoms with Gasteiger partial charge in [0.25, 0.3) is 11.9 Å². The number of nitrogens with one attached hydrogen (secondary N) is 1. The van der Waals surface area contributed by atoms with Crippen LogP contribution in [0.4, 0.5) is 6.01 Å². The van der Waals surface area contributed by atoms with Crippen molar-refractivity contribution in [3.63, 3.8) is 0 Å². The summed E-state index contributed by atoms with van der Waals surface area (Å²) in [5, 5.41) is 2.98. The van der Waals surface area contributed by atoms with Crippen molar-refractivity contribution in [1.29, 1.82) is 0 Å². The lowest BCUT2D eigenvalue weighted by atomic mass is 10.0. The summed E-state index contributed by atoms with van der Waals surface area (Å²) in [6, 6.07) is 16.5. The number of carbonyl (C=O) groups excluding carboxylic acids is 1. The molecule has 6 nitrogen and oxygen atoms in total. The van der Waals surface area contributed by atoms with Gasteiger partial charge in [-0.3, -0.25) is 4.79 Å². The Morgan fingerprint density at radius 1 is 1.24 bits per heavy atom. The van der Waals surface area contributed by atoms with Crippen LogP contribution in [-0.4, -0.2) is 36.6 Å². The van der Waals surface area contributed by atoms with Gasteiger partial charge in [-0.15, -0.1) is 0 Å². The molecule has 0 aliphatic carbocycles. The summed E-state index contributed by atoms with van der Waals surface area (Å²) in [7, 11) is 0. The average molecular weight is 393 g/mol. The van der Waals surface area contributed by atoms with Gasteiger partial charge in [0, 0.05) is 13.1 Å². The largest absolute Gasteiger partial charge is 0.484 e. The van der Waals surface area contributed by atoms with Crippen LogP contribution in [-0.2, 0) is 4.79 Å². The predicted molar refractivity (Wildman–Crippen MR) is 113 cm³/mol. The van der Waals surface area contributed by atoms with Crippen LogP contribution in [0.25, 0.3) is 11.1 Å². The number of anilines is 1. The lowest BCUT2D eigenvalue weighted by Gasteiger charge is -2.23. The number of rotatable bonds is 7. The van der Waals surface area contributed by atoms with Crippen LogP contribution in [0.3, 0.4) is 0 Å². The van der Waals surface area contributed by atoms with Crippen molar-refractivity contribution in [2.45, 2.75) is 38.6 Å². The molecule has 1 N–H and O–H groups in total. The summed E-state index contributed by atoms with van der Waals surface area (Å²) in [6.07, 6.45) is 2.05. The zero-order valence-electron chi connectivity index (χ0n) is 16.9. The number of amides is 1. The number of hydrogen-bond donors (Lipinski definition) is 1. The molecule has 0 radical (unpaired) electrons. The average Bonchev–Trinajstić information content (AvgIpc) is 3.37. The maximum atomic E-state index is 12.2. The lowest BCUT2D eigenvalue weighted by Crippen LogP contribution is -2.41. The maximum absolute atomic E-state index is 12.2. The van der Waals surface area contributed by atoms with Crippen molar-refractivity contribution in [2.75, 3.05) is 24.6 Å². The van der Waals surface area contributed by atoms with E-state index in [1.165, 1.54) is 5.56 Å². The van der Waals surface area contributed by atoms with E-state index in [4.69, 9.17) is 9.15 Å². The summed E-state index contributed by atoms with van der Waals surface area (Å²) in [5.41, 5.74) is 2.89. The second-order valence-corrected chi connectivity index (χ2v) is 7.77. The normalized spacial score (nSPS) is 16.5. The van der Waals surface area contributed by atoms with E-state index in [9.17, 15) is 4.79 Å². The van der Waals surface area contributed by atoms with E-state index >= 15 is 0 Å². The number of aromatic nitrogens is 1. The summed E-state index contributed by atoms with van der Waals surface area (Å²) < 4.78 is 11.5. The van der Waals surface area contributed by atoms with Gasteiger partial charge < -0.3 is 19.4 Å². The van der Waals surface area contributed by atoms with Crippen molar-refractivity contribution in [3.8, 4) is 5.75 Å². The second kappa shape index (κ2) is 8.55. The highest BCUT2D eigenvalue weighted by atomic mass is 16.5. The molecule has 29 heavy (non-hydrogen) atoms. The molecule has 4 rings (SSSR count). The third-order valence-electron chi connectivity index (χ3n) is 5.36. The van der Waals surface area contributed by atoms with E-state index < -0.39 is 0 Å². The number of nitrogens with zero attached hydrogens (tertiary/aromatic N) is 2. The van der Waals surface area contributed by atoms with Crippen LogP contribution in [0.2, 0.25) is 0 Å². The van der Waals surface area contributed by atoms with Crippen LogP contribution in [0.5, 0.6) is 5.75 Å². The fourth-order valence-corrected chi connectivity index (χ4v) is 3.66. The summed E-state index contributed by atoms with van der Waals surface area (Å²) >= 11 is 0. The molecule has 1 amide bonds. The predicted octanol–water partition coefficient (Wildman–Crippen LogP) is 4.12. The zero-order valence-corrected chi connectivity index (χ0v) is 16.9. The Morgan fingerprint density at radius 3 is 2.79 bits per heavy atom. The second-order valence-electron chi connectivity index (χ2n) is 7.77. The first-order valence-corrected chi connectivity index (χ1v) is 10.2. The number of carbonyl (C=O) groups is 1. The van der Waals surface area contributed by atoms with Gasteiger partial charge in [-0.25, -0.2) is 0 Å². The topological polar surface area (TPSA) is 67.6 Å². The molecule has 1 atom stereocenters. The molecule has 152 valence electrons. The van der Waals surface area contributed by atoms with Gasteiger partial charge in [0.2, 0.25) is 0 Å². The first-order valence-electron chi connectivity index (χ1n) is 10.2. The quantitative estimate of drug-likeness (QED) is 0.654. The Balaban J connectivity index is 1.29. The van der Waals surface area contributed by atoms with Crippen molar-refractivity contribution in [3.05, 3.63) is 54.1 Å².